The van der Waals surface area contributed by atoms with E-state index in [4.69, 9.17) is 0 Å². The van der Waals surface area contributed by atoms with E-state index >= 15 is 0 Å². The van der Waals surface area contributed by atoms with Gasteiger partial charge in [0.05, 0.1) is 17.8 Å². The van der Waals surface area contributed by atoms with Gasteiger partial charge in [-0.15, -0.1) is 0 Å². The Labute approximate surface area is 166 Å². The molecule has 28 heavy (non-hydrogen) atoms. The van der Waals surface area contributed by atoms with Crippen molar-refractivity contribution in [3.8, 4) is 0 Å². The number of hydrogen-bond donors (Lipinski definition) is 3. The Balaban J connectivity index is 1.86. The molecule has 2 heterocycles. The lowest BCUT2D eigenvalue weighted by molar-refractivity contribution is 0.0954. The van der Waals surface area contributed by atoms with E-state index in [2.05, 4.69) is 44.9 Å². The van der Waals surface area contributed by atoms with Crippen LogP contribution in [0.5, 0.6) is 0 Å². The van der Waals surface area contributed by atoms with Crippen LogP contribution in [0.1, 0.15) is 41.2 Å². The fourth-order valence-electron chi connectivity index (χ4n) is 2.96. The van der Waals surface area contributed by atoms with Gasteiger partial charge in [0.25, 0.3) is 5.91 Å². The summed E-state index contributed by atoms with van der Waals surface area (Å²) in [7, 11) is 1.97. The van der Waals surface area contributed by atoms with Crippen molar-refractivity contribution in [3.63, 3.8) is 0 Å². The van der Waals surface area contributed by atoms with Crippen LogP contribution in [0.25, 0.3) is 0 Å². The van der Waals surface area contributed by atoms with Gasteiger partial charge in [0.1, 0.15) is 0 Å². The first kappa shape index (κ1) is 21.4. The lowest BCUT2D eigenvalue weighted by Crippen LogP contribution is -2.43. The van der Waals surface area contributed by atoms with Crippen molar-refractivity contribution >= 4 is 11.9 Å². The zero-order valence-corrected chi connectivity index (χ0v) is 17.4. The molecule has 8 nitrogen and oxygen atoms in total. The van der Waals surface area contributed by atoms with Gasteiger partial charge in [-0.2, -0.15) is 5.10 Å². The van der Waals surface area contributed by atoms with Crippen molar-refractivity contribution in [2.45, 2.75) is 40.2 Å². The monoisotopic (exact) mass is 385 g/mol. The van der Waals surface area contributed by atoms with Crippen LogP contribution in [0.2, 0.25) is 0 Å². The largest absolute Gasteiger partial charge is 0.357 e. The van der Waals surface area contributed by atoms with Crippen LogP contribution in [0, 0.1) is 13.8 Å². The smallest absolute Gasteiger partial charge is 0.252 e. The summed E-state index contributed by atoms with van der Waals surface area (Å²) in [4.78, 5) is 20.5. The van der Waals surface area contributed by atoms with Gasteiger partial charge in [0, 0.05) is 44.3 Å². The number of carbonyl (C=O) groups excluding carboxylic acids is 1. The first-order valence-corrected chi connectivity index (χ1v) is 9.64. The molecule has 0 radical (unpaired) electrons. The number of rotatable bonds is 8. The summed E-state index contributed by atoms with van der Waals surface area (Å²) < 4.78 is 1.92. The van der Waals surface area contributed by atoms with E-state index in [-0.39, 0.29) is 11.9 Å². The standard InChI is InChI=1S/C20H31N7O/c1-6-22-20(24-11-10-23-19(28)17-8-7-9-21-13-17)25-14(2)12-18-15(3)26-27(5)16(18)4/h7-9,13-14H,6,10-12H2,1-5H3,(H,23,28)(H2,22,24,25). The van der Waals surface area contributed by atoms with Crippen molar-refractivity contribution in [3.05, 3.63) is 47.0 Å². The van der Waals surface area contributed by atoms with Gasteiger partial charge >= 0.3 is 0 Å². The maximum atomic E-state index is 12.0. The van der Waals surface area contributed by atoms with Crippen LogP contribution in [-0.2, 0) is 13.5 Å². The molecule has 0 fully saturated rings. The Hall–Kier alpha value is -2.90. The van der Waals surface area contributed by atoms with E-state index < -0.39 is 0 Å². The van der Waals surface area contributed by atoms with Gasteiger partial charge in [-0.05, 0) is 51.8 Å². The fraction of sp³-hybridized carbons (Fsp3) is 0.500. The Kier molecular flexibility index (Phi) is 7.98. The highest BCUT2D eigenvalue weighted by atomic mass is 16.1. The summed E-state index contributed by atoms with van der Waals surface area (Å²) in [5.41, 5.74) is 4.06. The zero-order valence-electron chi connectivity index (χ0n) is 17.4. The number of nitrogens with zero attached hydrogens (tertiary/aromatic N) is 4. The van der Waals surface area contributed by atoms with Crippen molar-refractivity contribution < 1.29 is 4.79 Å². The predicted octanol–water partition coefficient (Wildman–Crippen LogP) is 1.35. The number of amides is 1. The summed E-state index contributed by atoms with van der Waals surface area (Å²) >= 11 is 0. The third-order valence-electron chi connectivity index (χ3n) is 4.49. The van der Waals surface area contributed by atoms with Crippen molar-refractivity contribution in [2.24, 2.45) is 12.0 Å². The molecule has 8 heteroatoms. The number of guanidine groups is 1. The number of aliphatic imine (C=N–C) groups is 1. The molecule has 0 saturated heterocycles. The normalized spacial score (nSPS) is 12.5. The second-order valence-corrected chi connectivity index (χ2v) is 6.78. The van der Waals surface area contributed by atoms with Gasteiger partial charge in [0.2, 0.25) is 0 Å². The Morgan fingerprint density at radius 1 is 1.32 bits per heavy atom. The minimum Gasteiger partial charge on any atom is -0.357 e. The SMILES string of the molecule is CCNC(=NCCNC(=O)c1cccnc1)NC(C)Cc1c(C)nn(C)c1C. The molecule has 0 aliphatic carbocycles. The number of hydrogen-bond acceptors (Lipinski definition) is 4. The predicted molar refractivity (Wildman–Crippen MR) is 112 cm³/mol. The Bertz CT molecular complexity index is 798. The number of aryl methyl sites for hydroxylation is 2. The topological polar surface area (TPSA) is 96.2 Å². The Morgan fingerprint density at radius 3 is 2.71 bits per heavy atom. The maximum absolute atomic E-state index is 12.0. The van der Waals surface area contributed by atoms with Crippen LogP contribution in [0.3, 0.4) is 0 Å². The molecular weight excluding hydrogens is 354 g/mol. The third kappa shape index (κ3) is 6.07. The number of nitrogens with one attached hydrogen (secondary N) is 3. The van der Waals surface area contributed by atoms with Gasteiger partial charge in [-0.1, -0.05) is 0 Å². The molecule has 2 aromatic heterocycles. The van der Waals surface area contributed by atoms with Crippen LogP contribution in [-0.4, -0.2) is 52.3 Å². The fourth-order valence-corrected chi connectivity index (χ4v) is 2.96. The molecule has 2 aromatic rings. The van der Waals surface area contributed by atoms with Gasteiger partial charge in [-0.3, -0.25) is 19.5 Å². The average molecular weight is 386 g/mol. The van der Waals surface area contributed by atoms with Crippen molar-refractivity contribution in [1.82, 2.24) is 30.7 Å². The van der Waals surface area contributed by atoms with Crippen molar-refractivity contribution in [1.29, 1.82) is 0 Å². The van der Waals surface area contributed by atoms with E-state index in [1.54, 1.807) is 24.5 Å². The molecule has 1 atom stereocenters. The van der Waals surface area contributed by atoms with Crippen LogP contribution in [0.15, 0.2) is 29.5 Å². The molecule has 152 valence electrons. The van der Waals surface area contributed by atoms with Gasteiger partial charge in [0.15, 0.2) is 5.96 Å². The summed E-state index contributed by atoms with van der Waals surface area (Å²) in [6.45, 7) is 10.00. The van der Waals surface area contributed by atoms with Crippen LogP contribution in [0.4, 0.5) is 0 Å². The van der Waals surface area contributed by atoms with Crippen LogP contribution < -0.4 is 16.0 Å². The van der Waals surface area contributed by atoms with E-state index in [9.17, 15) is 4.79 Å². The lowest BCUT2D eigenvalue weighted by atomic mass is 10.1. The first-order chi connectivity index (χ1) is 13.4. The first-order valence-electron chi connectivity index (χ1n) is 9.64. The zero-order chi connectivity index (χ0) is 20.5. The molecule has 0 spiro atoms. The second-order valence-electron chi connectivity index (χ2n) is 6.78. The minimum atomic E-state index is -0.142. The molecule has 3 N–H and O–H groups in total. The molecule has 0 saturated carbocycles. The molecule has 0 aromatic carbocycles. The molecule has 0 aliphatic heterocycles. The summed E-state index contributed by atoms with van der Waals surface area (Å²) in [6.07, 6.45) is 4.06. The minimum absolute atomic E-state index is 0.142. The number of aromatic nitrogens is 3. The average Bonchev–Trinajstić information content (AvgIpc) is 2.91. The quantitative estimate of drug-likeness (QED) is 0.362. The number of pyridine rings is 1. The highest BCUT2D eigenvalue weighted by Gasteiger charge is 2.14. The summed E-state index contributed by atoms with van der Waals surface area (Å²) in [5.74, 6) is 0.599. The molecule has 2 rings (SSSR count). The molecule has 1 amide bonds. The maximum Gasteiger partial charge on any atom is 0.252 e. The molecular formula is C20H31N7O. The second kappa shape index (κ2) is 10.4. The molecule has 0 bridgehead atoms. The van der Waals surface area contributed by atoms with Gasteiger partial charge < -0.3 is 16.0 Å². The highest BCUT2D eigenvalue weighted by molar-refractivity contribution is 5.93. The van der Waals surface area contributed by atoms with E-state index in [1.807, 2.05) is 25.6 Å². The third-order valence-corrected chi connectivity index (χ3v) is 4.49. The number of carbonyl (C=O) groups is 1. The lowest BCUT2D eigenvalue weighted by Gasteiger charge is -2.18. The van der Waals surface area contributed by atoms with Crippen LogP contribution >= 0.6 is 0 Å². The molecule has 1 unspecified atom stereocenters. The Morgan fingerprint density at radius 2 is 2.11 bits per heavy atom. The van der Waals surface area contributed by atoms with E-state index in [0.717, 1.165) is 24.6 Å². The van der Waals surface area contributed by atoms with E-state index in [1.165, 1.54) is 11.3 Å². The van der Waals surface area contributed by atoms with Gasteiger partial charge in [-0.25, -0.2) is 0 Å². The summed E-state index contributed by atoms with van der Waals surface area (Å²) in [5, 5.41) is 14.0. The highest BCUT2D eigenvalue weighted by Crippen LogP contribution is 2.14. The molecule has 0 aliphatic rings. The van der Waals surface area contributed by atoms with Crippen molar-refractivity contribution in [2.75, 3.05) is 19.6 Å². The summed E-state index contributed by atoms with van der Waals surface area (Å²) in [6, 6.07) is 3.68. The van der Waals surface area contributed by atoms with E-state index in [0.29, 0.717) is 18.7 Å².